The van der Waals surface area contributed by atoms with Crippen molar-refractivity contribution < 1.29 is 0 Å². The van der Waals surface area contributed by atoms with Crippen LogP contribution in [-0.2, 0) is 0 Å². The van der Waals surface area contributed by atoms with Gasteiger partial charge in [-0.25, -0.2) is 0 Å². The molecule has 0 rings (SSSR count). The molecule has 0 aromatic carbocycles. The zero-order valence-corrected chi connectivity index (χ0v) is 8.93. The van der Waals surface area contributed by atoms with Gasteiger partial charge in [0.1, 0.15) is 0 Å². The van der Waals surface area contributed by atoms with Gasteiger partial charge in [-0.2, -0.15) is 0 Å². The predicted molar refractivity (Wildman–Crippen MR) is 54.6 cm³/mol. The molecule has 0 radical (unpaired) electrons. The van der Waals surface area contributed by atoms with Crippen molar-refractivity contribution >= 4 is 0 Å². The molecule has 0 saturated heterocycles. The molecule has 0 aliphatic rings. The van der Waals surface area contributed by atoms with E-state index in [9.17, 15) is 0 Å². The van der Waals surface area contributed by atoms with Crippen LogP contribution in [0.3, 0.4) is 0 Å². The largest absolute Gasteiger partial charge is 0.316 e. The van der Waals surface area contributed by atoms with Crippen molar-refractivity contribution in [1.29, 1.82) is 0 Å². The van der Waals surface area contributed by atoms with Crippen LogP contribution in [0.1, 0.15) is 47.0 Å². The van der Waals surface area contributed by atoms with Crippen LogP contribution in [0.5, 0.6) is 0 Å². The van der Waals surface area contributed by atoms with E-state index in [4.69, 9.17) is 11.5 Å². The second-order valence-electron chi connectivity index (χ2n) is 4.96. The molecule has 4 N–H and O–H groups in total. The molecular weight excluding hydrogens is 148 g/mol. The smallest absolute Gasteiger partial charge is 0.0521 e. The number of hydrogen-bond donors (Lipinski definition) is 2. The lowest BCUT2D eigenvalue weighted by atomic mass is 9.80. The van der Waals surface area contributed by atoms with Crippen LogP contribution < -0.4 is 11.5 Å². The first kappa shape index (κ1) is 11.9. The van der Waals surface area contributed by atoms with Gasteiger partial charge in [-0.05, 0) is 30.6 Å². The minimum absolute atomic E-state index is 0.142. The summed E-state index contributed by atoms with van der Waals surface area (Å²) in [6, 6.07) is 0. The molecule has 0 heterocycles. The summed E-state index contributed by atoms with van der Waals surface area (Å²) in [7, 11) is 0. The third kappa shape index (κ3) is 6.62. The first-order valence-electron chi connectivity index (χ1n) is 4.84. The lowest BCUT2D eigenvalue weighted by Crippen LogP contribution is -2.32. The Bertz CT molecular complexity index is 117. The first-order chi connectivity index (χ1) is 5.33. The Labute approximate surface area is 76.7 Å². The molecule has 0 aliphatic carbocycles. The van der Waals surface area contributed by atoms with Crippen molar-refractivity contribution in [3.8, 4) is 0 Å². The molecule has 12 heavy (non-hydrogen) atoms. The lowest BCUT2D eigenvalue weighted by Gasteiger charge is -2.27. The molecule has 0 bridgehead atoms. The van der Waals surface area contributed by atoms with Crippen molar-refractivity contribution in [2.45, 2.75) is 53.1 Å². The average Bonchev–Trinajstić information content (AvgIpc) is 1.81. The molecule has 0 atom stereocenters. The molecule has 0 aromatic rings. The normalized spacial score (nSPS) is 13.0. The van der Waals surface area contributed by atoms with Gasteiger partial charge in [0.05, 0.1) is 6.17 Å². The Morgan fingerprint density at radius 1 is 1.17 bits per heavy atom. The molecule has 0 fully saturated rings. The molecule has 0 amide bonds. The molecular formula is C10H24N2. The van der Waals surface area contributed by atoms with E-state index in [2.05, 4.69) is 27.7 Å². The van der Waals surface area contributed by atoms with Gasteiger partial charge in [0.25, 0.3) is 0 Å². The highest BCUT2D eigenvalue weighted by atomic mass is 14.8. The Morgan fingerprint density at radius 2 is 1.67 bits per heavy atom. The van der Waals surface area contributed by atoms with E-state index in [-0.39, 0.29) is 6.17 Å². The van der Waals surface area contributed by atoms with Gasteiger partial charge in [-0.1, -0.05) is 27.7 Å². The van der Waals surface area contributed by atoms with Crippen LogP contribution in [0, 0.1) is 11.3 Å². The third-order valence-corrected chi connectivity index (χ3v) is 2.12. The molecule has 0 spiro atoms. The van der Waals surface area contributed by atoms with E-state index in [1.165, 1.54) is 6.42 Å². The minimum atomic E-state index is -0.142. The van der Waals surface area contributed by atoms with Crippen LogP contribution in [-0.4, -0.2) is 6.17 Å². The highest BCUT2D eigenvalue weighted by Gasteiger charge is 2.19. The monoisotopic (exact) mass is 172 g/mol. The maximum Gasteiger partial charge on any atom is 0.0521 e. The summed E-state index contributed by atoms with van der Waals surface area (Å²) in [5.41, 5.74) is 11.4. The fourth-order valence-electron chi connectivity index (χ4n) is 1.76. The first-order valence-corrected chi connectivity index (χ1v) is 4.84. The van der Waals surface area contributed by atoms with Crippen molar-refractivity contribution in [3.05, 3.63) is 0 Å². The summed E-state index contributed by atoms with van der Waals surface area (Å²) in [4.78, 5) is 0. The maximum atomic E-state index is 5.51. The quantitative estimate of drug-likeness (QED) is 0.624. The maximum absolute atomic E-state index is 5.51. The highest BCUT2D eigenvalue weighted by Crippen LogP contribution is 2.30. The van der Waals surface area contributed by atoms with Crippen LogP contribution >= 0.6 is 0 Å². The number of nitrogens with two attached hydrogens (primary N) is 2. The van der Waals surface area contributed by atoms with E-state index < -0.39 is 0 Å². The van der Waals surface area contributed by atoms with Gasteiger partial charge in [0.15, 0.2) is 0 Å². The topological polar surface area (TPSA) is 52.0 Å². The van der Waals surface area contributed by atoms with Gasteiger partial charge in [0.2, 0.25) is 0 Å². The molecule has 2 heteroatoms. The molecule has 0 aliphatic heterocycles. The van der Waals surface area contributed by atoms with Gasteiger partial charge < -0.3 is 11.5 Å². The number of hydrogen-bond acceptors (Lipinski definition) is 2. The second-order valence-corrected chi connectivity index (χ2v) is 4.96. The van der Waals surface area contributed by atoms with E-state index in [0.29, 0.717) is 5.41 Å². The summed E-state index contributed by atoms with van der Waals surface area (Å²) in [5, 5.41) is 0. The van der Waals surface area contributed by atoms with Crippen LogP contribution in [0.2, 0.25) is 0 Å². The fourth-order valence-corrected chi connectivity index (χ4v) is 1.76. The second kappa shape index (κ2) is 4.83. The molecule has 2 nitrogen and oxygen atoms in total. The number of rotatable bonds is 5. The van der Waals surface area contributed by atoms with Crippen LogP contribution in [0.4, 0.5) is 0 Å². The third-order valence-electron chi connectivity index (χ3n) is 2.12. The molecule has 0 saturated carbocycles. The molecule has 0 unspecified atom stereocenters. The van der Waals surface area contributed by atoms with Crippen molar-refractivity contribution in [2.24, 2.45) is 22.8 Å². The van der Waals surface area contributed by atoms with E-state index in [1.54, 1.807) is 0 Å². The van der Waals surface area contributed by atoms with Crippen LogP contribution in [0.25, 0.3) is 0 Å². The standard InChI is InChI=1S/C10H24N2/c1-8(2)7-10(3,4)6-5-9(11)12/h8-9H,5-7,11-12H2,1-4H3. The zero-order valence-electron chi connectivity index (χ0n) is 8.93. The Morgan fingerprint density at radius 3 is 2.00 bits per heavy atom. The van der Waals surface area contributed by atoms with Crippen LogP contribution in [0.15, 0.2) is 0 Å². The Hall–Kier alpha value is -0.0800. The van der Waals surface area contributed by atoms with E-state index in [1.807, 2.05) is 0 Å². The average molecular weight is 172 g/mol. The summed E-state index contributed by atoms with van der Waals surface area (Å²) >= 11 is 0. The summed E-state index contributed by atoms with van der Waals surface area (Å²) in [6.07, 6.45) is 3.17. The van der Waals surface area contributed by atoms with Gasteiger partial charge >= 0.3 is 0 Å². The molecule has 74 valence electrons. The summed E-state index contributed by atoms with van der Waals surface area (Å²) in [6.45, 7) is 9.08. The van der Waals surface area contributed by atoms with E-state index >= 15 is 0 Å². The SMILES string of the molecule is CC(C)CC(C)(C)CCC(N)N. The zero-order chi connectivity index (χ0) is 9.78. The molecule has 0 aromatic heterocycles. The van der Waals surface area contributed by atoms with E-state index in [0.717, 1.165) is 18.8 Å². The summed E-state index contributed by atoms with van der Waals surface area (Å²) in [5.74, 6) is 0.758. The van der Waals surface area contributed by atoms with Gasteiger partial charge in [0, 0.05) is 0 Å². The van der Waals surface area contributed by atoms with Gasteiger partial charge in [-0.3, -0.25) is 0 Å². The Balaban J connectivity index is 3.71. The van der Waals surface area contributed by atoms with Crippen molar-refractivity contribution in [1.82, 2.24) is 0 Å². The van der Waals surface area contributed by atoms with Crippen molar-refractivity contribution in [3.63, 3.8) is 0 Å². The fraction of sp³-hybridized carbons (Fsp3) is 1.00. The highest BCUT2D eigenvalue weighted by molar-refractivity contribution is 4.71. The lowest BCUT2D eigenvalue weighted by molar-refractivity contribution is 0.252. The summed E-state index contributed by atoms with van der Waals surface area (Å²) < 4.78 is 0. The Kier molecular flexibility index (Phi) is 4.80. The minimum Gasteiger partial charge on any atom is -0.316 e. The predicted octanol–water partition coefficient (Wildman–Crippen LogP) is 2.08. The van der Waals surface area contributed by atoms with Gasteiger partial charge in [-0.15, -0.1) is 0 Å². The van der Waals surface area contributed by atoms with Crippen molar-refractivity contribution in [2.75, 3.05) is 0 Å².